The maximum absolute atomic E-state index is 12.6. The van der Waals surface area contributed by atoms with Crippen LogP contribution in [0.1, 0.15) is 45.6 Å². The lowest BCUT2D eigenvalue weighted by atomic mass is 10.0. The van der Waals surface area contributed by atoms with Gasteiger partial charge in [-0.3, -0.25) is 9.59 Å². The number of hydrogen-bond donors (Lipinski definition) is 0. The monoisotopic (exact) mass is 344 g/mol. The van der Waals surface area contributed by atoms with E-state index in [4.69, 9.17) is 4.74 Å². The summed E-state index contributed by atoms with van der Waals surface area (Å²) in [6.45, 7) is 7.92. The lowest BCUT2D eigenvalue weighted by molar-refractivity contribution is -0.158. The number of ether oxygens (including phenoxy) is 1. The van der Waals surface area contributed by atoms with Crippen molar-refractivity contribution in [1.29, 1.82) is 0 Å². The Morgan fingerprint density at radius 1 is 1.28 bits per heavy atom. The molecule has 0 unspecified atom stereocenters. The summed E-state index contributed by atoms with van der Waals surface area (Å²) in [5.41, 5.74) is 1.93. The lowest BCUT2D eigenvalue weighted by Crippen LogP contribution is -2.53. The fourth-order valence-electron chi connectivity index (χ4n) is 3.93. The number of fused-ring (bicyclic) bond motifs is 1. The Morgan fingerprint density at radius 2 is 2.04 bits per heavy atom. The van der Waals surface area contributed by atoms with Crippen LogP contribution in [-0.2, 0) is 20.7 Å². The third kappa shape index (κ3) is 4.21. The molecule has 1 saturated heterocycles. The van der Waals surface area contributed by atoms with Crippen molar-refractivity contribution in [3.8, 4) is 0 Å². The molecule has 25 heavy (non-hydrogen) atoms. The van der Waals surface area contributed by atoms with Crippen LogP contribution in [-0.4, -0.2) is 48.1 Å². The van der Waals surface area contributed by atoms with Crippen LogP contribution >= 0.6 is 0 Å². The van der Waals surface area contributed by atoms with Gasteiger partial charge in [-0.2, -0.15) is 0 Å². The van der Waals surface area contributed by atoms with E-state index in [0.717, 1.165) is 12.1 Å². The van der Waals surface area contributed by atoms with Gasteiger partial charge in [-0.15, -0.1) is 0 Å². The second-order valence-electron chi connectivity index (χ2n) is 7.74. The molecule has 5 heteroatoms. The molecule has 0 spiro atoms. The summed E-state index contributed by atoms with van der Waals surface area (Å²) in [4.78, 5) is 28.6. The van der Waals surface area contributed by atoms with Crippen LogP contribution in [0.2, 0.25) is 0 Å². The molecule has 3 rings (SSSR count). The minimum absolute atomic E-state index is 0.0586. The summed E-state index contributed by atoms with van der Waals surface area (Å²) in [6, 6.07) is 8.06. The maximum Gasteiger partial charge on any atom is 0.227 e. The number of aryl methyl sites for hydroxylation is 1. The van der Waals surface area contributed by atoms with E-state index < -0.39 is 0 Å². The van der Waals surface area contributed by atoms with Gasteiger partial charge in [0.15, 0.2) is 0 Å². The van der Waals surface area contributed by atoms with Crippen LogP contribution in [0.5, 0.6) is 0 Å². The molecule has 136 valence electrons. The summed E-state index contributed by atoms with van der Waals surface area (Å²) in [5.74, 6) is 0.313. The van der Waals surface area contributed by atoms with Crippen molar-refractivity contribution in [3.05, 3.63) is 29.8 Å². The summed E-state index contributed by atoms with van der Waals surface area (Å²) in [7, 11) is 0. The minimum Gasteiger partial charge on any atom is -0.369 e. The molecule has 0 N–H and O–H groups in total. The van der Waals surface area contributed by atoms with E-state index in [1.165, 1.54) is 5.56 Å². The van der Waals surface area contributed by atoms with E-state index in [1.807, 2.05) is 48.8 Å². The Morgan fingerprint density at radius 3 is 2.80 bits per heavy atom. The second-order valence-corrected chi connectivity index (χ2v) is 7.74. The molecule has 0 saturated carbocycles. The number of carbonyl (C=O) groups excluding carboxylic acids is 2. The first-order valence-corrected chi connectivity index (χ1v) is 9.19. The Labute approximate surface area is 149 Å². The molecule has 1 atom stereocenters. The highest BCUT2D eigenvalue weighted by atomic mass is 16.5. The maximum atomic E-state index is 12.6. The number of benzene rings is 1. The van der Waals surface area contributed by atoms with E-state index in [0.29, 0.717) is 38.9 Å². The van der Waals surface area contributed by atoms with Crippen molar-refractivity contribution < 1.29 is 14.3 Å². The number of hydrogen-bond acceptors (Lipinski definition) is 3. The number of carbonyl (C=O) groups is 2. The van der Waals surface area contributed by atoms with Crippen molar-refractivity contribution >= 4 is 17.5 Å². The topological polar surface area (TPSA) is 49.9 Å². The lowest BCUT2D eigenvalue weighted by Gasteiger charge is -2.41. The Balaban J connectivity index is 1.56. The molecule has 2 aliphatic heterocycles. The molecule has 0 bridgehead atoms. The van der Waals surface area contributed by atoms with E-state index >= 15 is 0 Å². The van der Waals surface area contributed by atoms with Gasteiger partial charge in [-0.25, -0.2) is 0 Å². The molecular weight excluding hydrogens is 316 g/mol. The predicted octanol–water partition coefficient (Wildman–Crippen LogP) is 2.77. The van der Waals surface area contributed by atoms with Crippen LogP contribution in [0.4, 0.5) is 5.69 Å². The molecule has 0 radical (unpaired) electrons. The molecule has 0 aliphatic carbocycles. The summed E-state index contributed by atoms with van der Waals surface area (Å²) < 4.78 is 5.86. The number of para-hydroxylation sites is 1. The van der Waals surface area contributed by atoms with E-state index in [2.05, 4.69) is 6.07 Å². The summed E-state index contributed by atoms with van der Waals surface area (Å²) in [5, 5.41) is 0. The Hall–Kier alpha value is -1.88. The van der Waals surface area contributed by atoms with Gasteiger partial charge in [0, 0.05) is 38.2 Å². The van der Waals surface area contributed by atoms with Crippen LogP contribution < -0.4 is 4.90 Å². The third-order valence-electron chi connectivity index (χ3n) is 4.89. The number of morpholine rings is 1. The average molecular weight is 344 g/mol. The standard InChI is InChI=1S/C20H28N2O3/c1-15-13-21(14-20(2,3)25-15)18(23)9-6-12-22-17-8-5-4-7-16(17)10-11-19(22)24/h4-5,7-8,15H,6,9-14H2,1-3H3/t15-/m1/s1. The van der Waals surface area contributed by atoms with Crippen molar-refractivity contribution in [2.45, 2.75) is 58.2 Å². The predicted molar refractivity (Wildman–Crippen MR) is 97.6 cm³/mol. The van der Waals surface area contributed by atoms with Gasteiger partial charge in [0.2, 0.25) is 11.8 Å². The largest absolute Gasteiger partial charge is 0.369 e. The number of nitrogens with zero attached hydrogens (tertiary/aromatic N) is 2. The molecule has 2 amide bonds. The normalized spacial score (nSPS) is 22.7. The second kappa shape index (κ2) is 7.16. The van der Waals surface area contributed by atoms with E-state index in [9.17, 15) is 9.59 Å². The van der Waals surface area contributed by atoms with Crippen molar-refractivity contribution in [3.63, 3.8) is 0 Å². The first kappa shape index (κ1) is 17.9. The smallest absolute Gasteiger partial charge is 0.227 e. The molecule has 1 fully saturated rings. The van der Waals surface area contributed by atoms with Gasteiger partial charge >= 0.3 is 0 Å². The molecular formula is C20H28N2O3. The first-order chi connectivity index (χ1) is 11.9. The first-order valence-electron chi connectivity index (χ1n) is 9.19. The van der Waals surface area contributed by atoms with Gasteiger partial charge in [0.05, 0.1) is 11.7 Å². The van der Waals surface area contributed by atoms with E-state index in [-0.39, 0.29) is 23.5 Å². The summed E-state index contributed by atoms with van der Waals surface area (Å²) >= 11 is 0. The fraction of sp³-hybridized carbons (Fsp3) is 0.600. The Kier molecular flexibility index (Phi) is 5.13. The molecule has 2 heterocycles. The van der Waals surface area contributed by atoms with Crippen LogP contribution in [0.15, 0.2) is 24.3 Å². The fourth-order valence-corrected chi connectivity index (χ4v) is 3.93. The molecule has 2 aliphatic rings. The molecule has 5 nitrogen and oxygen atoms in total. The van der Waals surface area contributed by atoms with E-state index in [1.54, 1.807) is 0 Å². The van der Waals surface area contributed by atoms with Crippen LogP contribution in [0, 0.1) is 0 Å². The van der Waals surface area contributed by atoms with Crippen LogP contribution in [0.3, 0.4) is 0 Å². The van der Waals surface area contributed by atoms with Gasteiger partial charge in [-0.05, 0) is 45.2 Å². The van der Waals surface area contributed by atoms with Crippen molar-refractivity contribution in [1.82, 2.24) is 4.90 Å². The van der Waals surface area contributed by atoms with Gasteiger partial charge in [-0.1, -0.05) is 18.2 Å². The average Bonchev–Trinajstić information content (AvgIpc) is 2.55. The highest BCUT2D eigenvalue weighted by Crippen LogP contribution is 2.28. The zero-order valence-corrected chi connectivity index (χ0v) is 15.5. The third-order valence-corrected chi connectivity index (χ3v) is 4.89. The molecule has 0 aromatic heterocycles. The Bertz CT molecular complexity index is 656. The van der Waals surface area contributed by atoms with Crippen LogP contribution in [0.25, 0.3) is 0 Å². The van der Waals surface area contributed by atoms with Crippen molar-refractivity contribution in [2.75, 3.05) is 24.5 Å². The zero-order valence-electron chi connectivity index (χ0n) is 15.5. The molecule has 1 aromatic rings. The van der Waals surface area contributed by atoms with Crippen molar-refractivity contribution in [2.24, 2.45) is 0 Å². The minimum atomic E-state index is -0.297. The zero-order chi connectivity index (χ0) is 18.0. The SMILES string of the molecule is C[C@@H]1CN(C(=O)CCCN2C(=O)CCc3ccccc32)CC(C)(C)O1. The number of amides is 2. The molecule has 1 aromatic carbocycles. The highest BCUT2D eigenvalue weighted by Gasteiger charge is 2.33. The van der Waals surface area contributed by atoms with Gasteiger partial charge in [0.1, 0.15) is 0 Å². The number of anilines is 1. The van der Waals surface area contributed by atoms with Gasteiger partial charge < -0.3 is 14.5 Å². The number of rotatable bonds is 4. The highest BCUT2D eigenvalue weighted by molar-refractivity contribution is 5.96. The quantitative estimate of drug-likeness (QED) is 0.844. The van der Waals surface area contributed by atoms with Gasteiger partial charge in [0.25, 0.3) is 0 Å². The summed E-state index contributed by atoms with van der Waals surface area (Å²) in [6.07, 6.45) is 2.58.